The Bertz CT molecular complexity index is 3350. The van der Waals surface area contributed by atoms with E-state index < -0.39 is 30.2 Å². The summed E-state index contributed by atoms with van der Waals surface area (Å²) in [6.45, 7) is 0. The van der Waals surface area contributed by atoms with Crippen molar-refractivity contribution in [2.45, 2.75) is 0 Å². The van der Waals surface area contributed by atoms with Crippen molar-refractivity contribution in [1.29, 1.82) is 0 Å². The molecular formula is C43H25N3OS. The molecule has 0 bridgehead atoms. The van der Waals surface area contributed by atoms with Crippen LogP contribution in [0.15, 0.2) is 156 Å². The molecule has 0 N–H and O–H groups in total. The number of furan rings is 1. The quantitative estimate of drug-likeness (QED) is 0.192. The van der Waals surface area contributed by atoms with E-state index in [0.29, 0.717) is 16.7 Å². The van der Waals surface area contributed by atoms with Crippen molar-refractivity contribution in [3.8, 4) is 45.3 Å². The highest BCUT2D eigenvalue weighted by molar-refractivity contribution is 7.27. The van der Waals surface area contributed by atoms with Gasteiger partial charge in [-0.05, 0) is 46.1 Å². The summed E-state index contributed by atoms with van der Waals surface area (Å²) in [7, 11) is 0. The van der Waals surface area contributed by atoms with Crippen molar-refractivity contribution in [2.24, 2.45) is 0 Å². The van der Waals surface area contributed by atoms with Gasteiger partial charge in [0.2, 0.25) is 0 Å². The third-order valence-corrected chi connectivity index (χ3v) is 9.69. The molecule has 0 radical (unpaired) electrons. The number of thiophene rings is 1. The third-order valence-electron chi connectivity index (χ3n) is 8.47. The van der Waals surface area contributed by atoms with Gasteiger partial charge in [-0.2, -0.15) is 0 Å². The van der Waals surface area contributed by atoms with Crippen LogP contribution in [0.3, 0.4) is 0 Å². The monoisotopic (exact) mass is 640 g/mol. The molecule has 0 amide bonds. The van der Waals surface area contributed by atoms with E-state index in [4.69, 9.17) is 30.3 Å². The van der Waals surface area contributed by atoms with Crippen LogP contribution in [0.5, 0.6) is 0 Å². The topological polar surface area (TPSA) is 51.8 Å². The number of aromatic nitrogens is 3. The Morgan fingerprint density at radius 3 is 2.06 bits per heavy atom. The van der Waals surface area contributed by atoms with Gasteiger partial charge < -0.3 is 4.42 Å². The molecular weight excluding hydrogens is 607 g/mol. The fraction of sp³-hybridized carbons (Fsp3) is 0. The van der Waals surface area contributed by atoms with Crippen LogP contribution in [0.4, 0.5) is 0 Å². The SMILES string of the molecule is [2H]c1c([2H])c([2H])c2c(sc3c4c([2H])c([2H])c([2H])c([2H])c4c([2H])c([2H])c32)c1-c1nc(-c2ccccc2)nc(-c2ccc3c(c2)oc2cccc(-c4ccccc4)c23)n1. The van der Waals surface area contributed by atoms with E-state index in [1.165, 1.54) is 0 Å². The van der Waals surface area contributed by atoms with Crippen LogP contribution < -0.4 is 0 Å². The van der Waals surface area contributed by atoms with Crippen LogP contribution in [0.1, 0.15) is 12.3 Å². The lowest BCUT2D eigenvalue weighted by atomic mass is 9.99. The lowest BCUT2D eigenvalue weighted by molar-refractivity contribution is 0.669. The summed E-state index contributed by atoms with van der Waals surface area (Å²) in [6.07, 6.45) is 0. The second kappa shape index (κ2) is 10.7. The average molecular weight is 641 g/mol. The van der Waals surface area contributed by atoms with Crippen LogP contribution in [0, 0.1) is 0 Å². The summed E-state index contributed by atoms with van der Waals surface area (Å²) in [6, 6.07) is 27.3. The fourth-order valence-corrected chi connectivity index (χ4v) is 7.46. The van der Waals surface area contributed by atoms with Gasteiger partial charge in [-0.15, -0.1) is 11.3 Å². The zero-order valence-electron chi connectivity index (χ0n) is 33.9. The van der Waals surface area contributed by atoms with Gasteiger partial charge in [-0.1, -0.05) is 127 Å². The minimum absolute atomic E-state index is 0.0359. The second-order valence-electron chi connectivity index (χ2n) is 11.3. The van der Waals surface area contributed by atoms with E-state index in [0.717, 1.165) is 38.8 Å². The maximum atomic E-state index is 9.22. The van der Waals surface area contributed by atoms with Crippen LogP contribution in [0.2, 0.25) is 0 Å². The minimum Gasteiger partial charge on any atom is -0.456 e. The van der Waals surface area contributed by atoms with Crippen LogP contribution in [0.25, 0.3) is 98.2 Å². The Morgan fingerprint density at radius 2 is 1.21 bits per heavy atom. The molecule has 3 heterocycles. The largest absolute Gasteiger partial charge is 0.456 e. The van der Waals surface area contributed by atoms with Crippen molar-refractivity contribution >= 4 is 64.2 Å². The summed E-state index contributed by atoms with van der Waals surface area (Å²) in [4.78, 5) is 14.6. The average Bonchev–Trinajstić information content (AvgIpc) is 3.82. The zero-order valence-corrected chi connectivity index (χ0v) is 25.7. The number of hydrogen-bond donors (Lipinski definition) is 0. The summed E-state index contributed by atoms with van der Waals surface area (Å²) in [5.41, 5.74) is 4.78. The summed E-state index contributed by atoms with van der Waals surface area (Å²) >= 11 is 1.03. The number of benzene rings is 7. The van der Waals surface area contributed by atoms with E-state index in [1.54, 1.807) is 0 Å². The molecule has 0 saturated heterocycles. The van der Waals surface area contributed by atoms with Crippen molar-refractivity contribution in [2.75, 3.05) is 0 Å². The molecule has 4 nitrogen and oxygen atoms in total. The normalized spacial score (nSPS) is 14.4. The molecule has 0 spiro atoms. The summed E-state index contributed by atoms with van der Waals surface area (Å²) < 4.78 is 86.0. The Labute approximate surface area is 292 Å². The second-order valence-corrected chi connectivity index (χ2v) is 12.3. The van der Waals surface area contributed by atoms with E-state index in [2.05, 4.69) is 18.2 Å². The first kappa shape index (κ1) is 19.5. The third kappa shape index (κ3) is 4.25. The molecule has 10 aromatic rings. The Kier molecular flexibility index (Phi) is 4.34. The van der Waals surface area contributed by atoms with Gasteiger partial charge in [0.25, 0.3) is 0 Å². The zero-order chi connectivity index (χ0) is 39.4. The molecule has 0 atom stereocenters. The van der Waals surface area contributed by atoms with E-state index in [9.17, 15) is 1.37 Å². The Morgan fingerprint density at radius 1 is 0.479 bits per heavy atom. The van der Waals surface area contributed by atoms with Crippen molar-refractivity contribution in [3.05, 3.63) is 151 Å². The number of rotatable bonds is 4. The maximum absolute atomic E-state index is 9.22. The lowest BCUT2D eigenvalue weighted by Crippen LogP contribution is -2.00. The number of hydrogen-bond acceptors (Lipinski definition) is 5. The molecule has 0 saturated carbocycles. The van der Waals surface area contributed by atoms with Gasteiger partial charge in [-0.25, -0.2) is 15.0 Å². The Hall–Kier alpha value is -6.17. The molecule has 0 aliphatic rings. The Balaban J connectivity index is 1.26. The highest BCUT2D eigenvalue weighted by atomic mass is 32.1. The molecule has 5 heteroatoms. The first-order valence-electron chi connectivity index (χ1n) is 19.7. The minimum atomic E-state index is -0.520. The predicted octanol–water partition coefficient (Wildman–Crippen LogP) is 12.0. The molecule has 3 aromatic heterocycles. The molecule has 0 unspecified atom stereocenters. The van der Waals surface area contributed by atoms with Crippen molar-refractivity contribution in [1.82, 2.24) is 15.0 Å². The van der Waals surface area contributed by atoms with Gasteiger partial charge in [0, 0.05) is 47.6 Å². The molecule has 0 aliphatic heterocycles. The summed E-state index contributed by atoms with van der Waals surface area (Å²) in [5, 5.41) is 2.01. The van der Waals surface area contributed by atoms with Gasteiger partial charge in [0.1, 0.15) is 11.2 Å². The lowest BCUT2D eigenvalue weighted by Gasteiger charge is -2.09. The first-order chi connectivity index (χ1) is 27.5. The molecule has 224 valence electrons. The molecule has 48 heavy (non-hydrogen) atoms. The fourth-order valence-electron chi connectivity index (χ4n) is 6.25. The van der Waals surface area contributed by atoms with E-state index >= 15 is 0 Å². The van der Waals surface area contributed by atoms with Gasteiger partial charge in [0.15, 0.2) is 17.5 Å². The smallest absolute Gasteiger partial charge is 0.165 e. The van der Waals surface area contributed by atoms with Gasteiger partial charge >= 0.3 is 0 Å². The van der Waals surface area contributed by atoms with Crippen molar-refractivity contribution in [3.63, 3.8) is 0 Å². The first-order valence-corrected chi connectivity index (χ1v) is 16.0. The predicted molar refractivity (Wildman–Crippen MR) is 199 cm³/mol. The molecule has 0 fully saturated rings. The molecule has 10 rings (SSSR count). The van der Waals surface area contributed by atoms with Crippen LogP contribution in [-0.4, -0.2) is 15.0 Å². The van der Waals surface area contributed by atoms with Crippen LogP contribution >= 0.6 is 11.3 Å². The standard InChI is InChI=1S/C43H25N3OS/c1-3-11-26(12-4-1)30-17-10-20-36-38(30)34-24-22-29(25-37(34)47-36)42-44-41(28-14-5-2-6-15-28)45-43(46-42)35-19-9-18-32-33-23-21-27-13-7-8-16-31(27)39(33)48-40(32)35/h1-25H/i7D,8D,9D,13D,16D,18D,19D,21D,23D. The number of fused-ring (bicyclic) bond motifs is 8. The molecule has 0 aliphatic carbocycles. The summed E-state index contributed by atoms with van der Waals surface area (Å²) in [5.74, 6) is 0.582. The van der Waals surface area contributed by atoms with E-state index in [1.807, 2.05) is 78.9 Å². The van der Waals surface area contributed by atoms with Crippen LogP contribution in [-0.2, 0) is 0 Å². The van der Waals surface area contributed by atoms with Gasteiger partial charge in [0.05, 0.1) is 12.3 Å². The van der Waals surface area contributed by atoms with E-state index in [-0.39, 0.29) is 78.2 Å². The highest BCUT2D eigenvalue weighted by Crippen LogP contribution is 2.43. The van der Waals surface area contributed by atoms with Gasteiger partial charge in [-0.3, -0.25) is 0 Å². The highest BCUT2D eigenvalue weighted by Gasteiger charge is 2.19. The maximum Gasteiger partial charge on any atom is 0.165 e. The number of nitrogens with zero attached hydrogens (tertiary/aromatic N) is 3. The molecule has 7 aromatic carbocycles. The van der Waals surface area contributed by atoms with Crippen molar-refractivity contribution < 1.29 is 16.8 Å².